The first-order valence-corrected chi connectivity index (χ1v) is 14.0. The molecule has 0 bridgehead atoms. The van der Waals surface area contributed by atoms with Gasteiger partial charge in [0.15, 0.2) is 0 Å². The molecule has 5 rings (SSSR count). The van der Waals surface area contributed by atoms with Gasteiger partial charge >= 0.3 is 12.0 Å². The lowest BCUT2D eigenvalue weighted by atomic mass is 9.97. The van der Waals surface area contributed by atoms with Crippen LogP contribution in [-0.2, 0) is 35.5 Å². The Hall–Kier alpha value is -3.59. The van der Waals surface area contributed by atoms with Gasteiger partial charge in [0.05, 0.1) is 28.2 Å². The number of fused-ring (bicyclic) bond motifs is 2. The summed E-state index contributed by atoms with van der Waals surface area (Å²) in [5.74, 6) is -1.32. The first-order chi connectivity index (χ1) is 19.4. The van der Waals surface area contributed by atoms with Gasteiger partial charge in [-0.1, -0.05) is 77.8 Å². The van der Waals surface area contributed by atoms with E-state index in [0.717, 1.165) is 41.6 Å². The van der Waals surface area contributed by atoms with Gasteiger partial charge in [-0.25, -0.2) is 9.59 Å². The molecule has 0 aromatic heterocycles. The van der Waals surface area contributed by atoms with Crippen molar-refractivity contribution in [1.29, 1.82) is 0 Å². The number of hydrogen-bond acceptors (Lipinski definition) is 5. The van der Waals surface area contributed by atoms with E-state index >= 15 is 0 Å². The minimum absolute atomic E-state index is 0.0183. The van der Waals surface area contributed by atoms with Crippen molar-refractivity contribution in [3.05, 3.63) is 104 Å². The molecule has 0 saturated carbocycles. The van der Waals surface area contributed by atoms with Gasteiger partial charge in [-0.05, 0) is 59.7 Å². The Labute approximate surface area is 242 Å². The van der Waals surface area contributed by atoms with Crippen LogP contribution >= 0.6 is 23.2 Å². The summed E-state index contributed by atoms with van der Waals surface area (Å²) in [6, 6.07) is 17.1. The smallest absolute Gasteiger partial charge is 0.330 e. The van der Waals surface area contributed by atoms with Gasteiger partial charge in [0.1, 0.15) is 12.6 Å². The maximum Gasteiger partial charge on any atom is 0.330 e. The Balaban J connectivity index is 1.28. The number of carbonyl (C=O) groups is 3. The second kappa shape index (κ2) is 12.7. The van der Waals surface area contributed by atoms with Crippen molar-refractivity contribution in [3.8, 4) is 0 Å². The summed E-state index contributed by atoms with van der Waals surface area (Å²) in [5.41, 5.74) is 4.96. The highest BCUT2D eigenvalue weighted by Gasteiger charge is 2.29. The van der Waals surface area contributed by atoms with E-state index in [1.807, 2.05) is 48.5 Å². The van der Waals surface area contributed by atoms with E-state index in [2.05, 4.69) is 27.3 Å². The number of benzene rings is 3. The van der Waals surface area contributed by atoms with E-state index in [9.17, 15) is 14.4 Å². The highest BCUT2D eigenvalue weighted by atomic mass is 35.5. The number of carbonyl (C=O) groups excluding carboxylic acids is 3. The average Bonchev–Trinajstić information content (AvgIpc) is 3.37. The van der Waals surface area contributed by atoms with Crippen molar-refractivity contribution in [3.63, 3.8) is 0 Å². The maximum absolute atomic E-state index is 13.4. The van der Waals surface area contributed by atoms with Crippen LogP contribution in [0.1, 0.15) is 50.6 Å². The van der Waals surface area contributed by atoms with Crippen LogP contribution in [0.5, 0.6) is 0 Å². The monoisotopic (exact) mass is 580 g/mol. The van der Waals surface area contributed by atoms with Crippen LogP contribution in [0.4, 0.5) is 4.79 Å². The standard InChI is InChI=1S/C30H30Cl2N4O4/c31-23-14-20-15-33-13-12-22(20)27(32)26(23)28(37)35-25(29(38)40-17-18-6-2-1-3-7-18)16-34-30(39)36-24-11-10-19-8-4-5-9-21(19)24/h1-9,14,24-25,33H,10-13,15-17H2,(H,35,37)(H2,34,36,39)/t24-,25+/m1/s1. The fraction of sp³-hybridized carbons (Fsp3) is 0.300. The first kappa shape index (κ1) is 28.0. The molecule has 8 nitrogen and oxygen atoms in total. The molecule has 1 heterocycles. The van der Waals surface area contributed by atoms with Crippen molar-refractivity contribution in [2.45, 2.75) is 44.5 Å². The molecule has 4 N–H and O–H groups in total. The molecule has 0 spiro atoms. The average molecular weight is 582 g/mol. The van der Waals surface area contributed by atoms with Crippen LogP contribution < -0.4 is 21.3 Å². The molecule has 208 valence electrons. The molecule has 2 atom stereocenters. The molecule has 3 amide bonds. The maximum atomic E-state index is 13.4. The summed E-state index contributed by atoms with van der Waals surface area (Å²) >= 11 is 13.1. The Morgan fingerprint density at radius 3 is 2.60 bits per heavy atom. The van der Waals surface area contributed by atoms with Gasteiger partial charge in [0, 0.05) is 6.54 Å². The van der Waals surface area contributed by atoms with Gasteiger partial charge in [0.2, 0.25) is 0 Å². The third-order valence-electron chi connectivity index (χ3n) is 7.22. The minimum Gasteiger partial charge on any atom is -0.459 e. The first-order valence-electron chi connectivity index (χ1n) is 13.2. The summed E-state index contributed by atoms with van der Waals surface area (Å²) in [6.45, 7) is 1.16. The van der Waals surface area contributed by atoms with Crippen LogP contribution in [0.25, 0.3) is 0 Å². The zero-order valence-electron chi connectivity index (χ0n) is 21.8. The van der Waals surface area contributed by atoms with Crippen LogP contribution in [0.15, 0.2) is 60.7 Å². The Morgan fingerprint density at radius 1 is 1.00 bits per heavy atom. The van der Waals surface area contributed by atoms with Gasteiger partial charge in [0.25, 0.3) is 5.91 Å². The van der Waals surface area contributed by atoms with Crippen molar-refractivity contribution >= 4 is 41.1 Å². The van der Waals surface area contributed by atoms with E-state index in [-0.39, 0.29) is 34.8 Å². The summed E-state index contributed by atoms with van der Waals surface area (Å²) in [5, 5.41) is 12.1. The number of halogens is 2. The van der Waals surface area contributed by atoms with Crippen molar-refractivity contribution < 1.29 is 19.1 Å². The van der Waals surface area contributed by atoms with E-state index in [1.54, 1.807) is 6.07 Å². The number of hydrogen-bond donors (Lipinski definition) is 4. The summed E-state index contributed by atoms with van der Waals surface area (Å²) in [6.07, 6.45) is 2.32. The van der Waals surface area contributed by atoms with Crippen molar-refractivity contribution in [2.75, 3.05) is 13.1 Å². The number of rotatable bonds is 8. The Kier molecular flexibility index (Phi) is 8.89. The molecule has 3 aromatic rings. The van der Waals surface area contributed by atoms with Gasteiger partial charge < -0.3 is 26.0 Å². The zero-order chi connectivity index (χ0) is 28.1. The molecule has 3 aromatic carbocycles. The van der Waals surface area contributed by atoms with Crippen molar-refractivity contribution in [2.24, 2.45) is 0 Å². The van der Waals surface area contributed by atoms with Crippen LogP contribution in [0, 0.1) is 0 Å². The zero-order valence-corrected chi connectivity index (χ0v) is 23.3. The SMILES string of the molecule is O=C(NC[C@H](NC(=O)c1c(Cl)cc2c(c1Cl)CCNC2)C(=O)OCc1ccccc1)N[C@@H]1CCc2ccccc21. The van der Waals surface area contributed by atoms with E-state index in [4.69, 9.17) is 27.9 Å². The van der Waals surface area contributed by atoms with Gasteiger partial charge in [-0.2, -0.15) is 0 Å². The highest BCUT2D eigenvalue weighted by Crippen LogP contribution is 2.33. The third-order valence-corrected chi connectivity index (χ3v) is 7.94. The molecule has 2 aliphatic rings. The number of esters is 1. The fourth-order valence-electron chi connectivity index (χ4n) is 5.15. The molecule has 0 fully saturated rings. The molecule has 40 heavy (non-hydrogen) atoms. The second-order valence-electron chi connectivity index (χ2n) is 9.88. The molecule has 0 saturated heterocycles. The second-order valence-corrected chi connectivity index (χ2v) is 10.7. The van der Waals surface area contributed by atoms with Crippen LogP contribution in [-0.4, -0.2) is 37.0 Å². The predicted molar refractivity (Wildman–Crippen MR) is 153 cm³/mol. The number of nitrogens with one attached hydrogen (secondary N) is 4. The number of amides is 3. The van der Waals surface area contributed by atoms with E-state index in [0.29, 0.717) is 13.0 Å². The lowest BCUT2D eigenvalue weighted by Crippen LogP contribution is -2.51. The van der Waals surface area contributed by atoms with Gasteiger partial charge in [-0.15, -0.1) is 0 Å². The predicted octanol–water partition coefficient (Wildman–Crippen LogP) is 4.47. The number of urea groups is 1. The van der Waals surface area contributed by atoms with Crippen molar-refractivity contribution in [1.82, 2.24) is 21.3 Å². The van der Waals surface area contributed by atoms with E-state index < -0.39 is 23.9 Å². The summed E-state index contributed by atoms with van der Waals surface area (Å²) in [4.78, 5) is 39.3. The summed E-state index contributed by atoms with van der Waals surface area (Å²) in [7, 11) is 0. The Morgan fingerprint density at radius 2 is 1.77 bits per heavy atom. The normalized spacial score (nSPS) is 16.3. The largest absolute Gasteiger partial charge is 0.459 e. The lowest BCUT2D eigenvalue weighted by molar-refractivity contribution is -0.147. The fourth-order valence-corrected chi connectivity index (χ4v) is 5.91. The lowest BCUT2D eigenvalue weighted by Gasteiger charge is -2.23. The molecule has 1 aliphatic carbocycles. The van der Waals surface area contributed by atoms with Crippen LogP contribution in [0.3, 0.4) is 0 Å². The van der Waals surface area contributed by atoms with Crippen LogP contribution in [0.2, 0.25) is 10.0 Å². The Bertz CT molecular complexity index is 1420. The molecular weight excluding hydrogens is 551 g/mol. The number of aryl methyl sites for hydroxylation is 1. The van der Waals surface area contributed by atoms with Gasteiger partial charge in [-0.3, -0.25) is 4.79 Å². The third kappa shape index (κ3) is 6.41. The minimum atomic E-state index is -1.18. The highest BCUT2D eigenvalue weighted by molar-refractivity contribution is 6.40. The topological polar surface area (TPSA) is 109 Å². The molecule has 0 unspecified atom stereocenters. The molecule has 0 radical (unpaired) electrons. The number of ether oxygens (including phenoxy) is 1. The molecule has 10 heteroatoms. The quantitative estimate of drug-likeness (QED) is 0.294. The van der Waals surface area contributed by atoms with E-state index in [1.165, 1.54) is 5.56 Å². The molecular formula is C30H30Cl2N4O4. The molecule has 1 aliphatic heterocycles. The summed E-state index contributed by atoms with van der Waals surface area (Å²) < 4.78 is 5.49.